The Balaban J connectivity index is 0.000000963. The van der Waals surface area contributed by atoms with Crippen molar-refractivity contribution in [2.24, 2.45) is 0 Å². The van der Waals surface area contributed by atoms with Gasteiger partial charge >= 0.3 is 0 Å². The molecule has 0 spiro atoms. The minimum atomic E-state index is 0. The molecule has 0 saturated carbocycles. The molecule has 0 radical (unpaired) electrons. The maximum absolute atomic E-state index is 2.72. The Bertz CT molecular complexity index is 334. The van der Waals surface area contributed by atoms with Crippen molar-refractivity contribution in [3.63, 3.8) is 0 Å². The largest absolute Gasteiger partial charge is 0.296 e. The van der Waals surface area contributed by atoms with Crippen molar-refractivity contribution in [2.75, 3.05) is 18.8 Å². The SMILES string of the molecule is Cl.c1cc2c(s1)SCCC2N1CCCCC1. The first-order valence-electron chi connectivity index (χ1n) is 5.89. The van der Waals surface area contributed by atoms with Crippen LogP contribution in [0.15, 0.2) is 15.7 Å². The lowest BCUT2D eigenvalue weighted by Crippen LogP contribution is -2.34. The van der Waals surface area contributed by atoms with Crippen LogP contribution < -0.4 is 0 Å². The van der Waals surface area contributed by atoms with E-state index in [-0.39, 0.29) is 12.4 Å². The highest BCUT2D eigenvalue weighted by atomic mass is 35.5. The number of hydrogen-bond donors (Lipinski definition) is 0. The molecule has 0 amide bonds. The highest BCUT2D eigenvalue weighted by molar-refractivity contribution is 8.01. The Morgan fingerprint density at radius 1 is 1.19 bits per heavy atom. The topological polar surface area (TPSA) is 3.24 Å². The van der Waals surface area contributed by atoms with E-state index in [1.54, 1.807) is 9.77 Å². The minimum Gasteiger partial charge on any atom is -0.296 e. The number of rotatable bonds is 1. The number of piperidine rings is 1. The van der Waals surface area contributed by atoms with E-state index in [0.29, 0.717) is 0 Å². The molecule has 0 bridgehead atoms. The summed E-state index contributed by atoms with van der Waals surface area (Å²) in [7, 11) is 0. The molecule has 0 N–H and O–H groups in total. The number of nitrogens with zero attached hydrogens (tertiary/aromatic N) is 1. The van der Waals surface area contributed by atoms with E-state index in [9.17, 15) is 0 Å². The summed E-state index contributed by atoms with van der Waals surface area (Å²) in [6.45, 7) is 2.65. The van der Waals surface area contributed by atoms with Gasteiger partial charge in [-0.25, -0.2) is 0 Å². The Morgan fingerprint density at radius 2 is 2.00 bits per heavy atom. The number of thiophene rings is 1. The number of fused-ring (bicyclic) bond motifs is 1. The maximum Gasteiger partial charge on any atom is 0.0646 e. The summed E-state index contributed by atoms with van der Waals surface area (Å²) in [5, 5.41) is 2.26. The molecule has 0 aliphatic carbocycles. The Kier molecular flexibility index (Phi) is 4.59. The first-order valence-corrected chi connectivity index (χ1v) is 7.76. The van der Waals surface area contributed by atoms with Crippen LogP contribution in [0.4, 0.5) is 0 Å². The van der Waals surface area contributed by atoms with Crippen molar-refractivity contribution in [3.8, 4) is 0 Å². The lowest BCUT2D eigenvalue weighted by molar-refractivity contribution is 0.158. The summed E-state index contributed by atoms with van der Waals surface area (Å²) < 4.78 is 1.58. The molecule has 2 aliphatic heterocycles. The van der Waals surface area contributed by atoms with Crippen LogP contribution in [0, 0.1) is 0 Å². The maximum atomic E-state index is 2.72. The van der Waals surface area contributed by atoms with Crippen molar-refractivity contribution in [3.05, 3.63) is 17.0 Å². The molecule has 1 saturated heterocycles. The Hall–Kier alpha value is 0.300. The van der Waals surface area contributed by atoms with Crippen LogP contribution in [0.1, 0.15) is 37.3 Å². The van der Waals surface area contributed by atoms with Crippen molar-refractivity contribution in [1.29, 1.82) is 0 Å². The van der Waals surface area contributed by atoms with Crippen LogP contribution in [-0.2, 0) is 0 Å². The molecule has 1 atom stereocenters. The van der Waals surface area contributed by atoms with Crippen LogP contribution in [-0.4, -0.2) is 23.7 Å². The summed E-state index contributed by atoms with van der Waals surface area (Å²) in [5.41, 5.74) is 1.62. The molecule has 4 heteroatoms. The van der Waals surface area contributed by atoms with Gasteiger partial charge in [0.1, 0.15) is 0 Å². The van der Waals surface area contributed by atoms with Gasteiger partial charge in [-0.3, -0.25) is 4.90 Å². The fourth-order valence-corrected chi connectivity index (χ4v) is 4.96. The van der Waals surface area contributed by atoms with Crippen LogP contribution >= 0.6 is 35.5 Å². The fraction of sp³-hybridized carbons (Fsp3) is 0.667. The number of hydrogen-bond acceptors (Lipinski definition) is 3. The van der Waals surface area contributed by atoms with E-state index in [0.717, 1.165) is 6.04 Å². The molecule has 0 aromatic carbocycles. The van der Waals surface area contributed by atoms with E-state index in [2.05, 4.69) is 28.1 Å². The van der Waals surface area contributed by atoms with Gasteiger partial charge in [0.05, 0.1) is 4.21 Å². The van der Waals surface area contributed by atoms with E-state index >= 15 is 0 Å². The van der Waals surface area contributed by atoms with Gasteiger partial charge in [-0.2, -0.15) is 0 Å². The molecular formula is C12H18ClNS2. The molecule has 2 aliphatic rings. The summed E-state index contributed by atoms with van der Waals surface area (Å²) in [5.74, 6) is 1.31. The Morgan fingerprint density at radius 3 is 2.81 bits per heavy atom. The summed E-state index contributed by atoms with van der Waals surface area (Å²) in [6.07, 6.45) is 5.61. The predicted molar refractivity (Wildman–Crippen MR) is 75.1 cm³/mol. The van der Waals surface area contributed by atoms with Gasteiger partial charge in [0.15, 0.2) is 0 Å². The third-order valence-corrected chi connectivity index (χ3v) is 5.78. The van der Waals surface area contributed by atoms with Gasteiger partial charge in [-0.1, -0.05) is 6.42 Å². The van der Waals surface area contributed by atoms with E-state index < -0.39 is 0 Å². The zero-order valence-electron chi connectivity index (χ0n) is 9.35. The monoisotopic (exact) mass is 275 g/mol. The molecule has 1 aromatic heterocycles. The van der Waals surface area contributed by atoms with Crippen molar-refractivity contribution in [1.82, 2.24) is 4.90 Å². The molecule has 1 fully saturated rings. The summed E-state index contributed by atoms with van der Waals surface area (Å²) in [4.78, 5) is 2.72. The third kappa shape index (κ3) is 2.42. The van der Waals surface area contributed by atoms with Crippen LogP contribution in [0.5, 0.6) is 0 Å². The second-order valence-electron chi connectivity index (χ2n) is 4.41. The molecular weight excluding hydrogens is 258 g/mol. The Labute approximate surface area is 112 Å². The van der Waals surface area contributed by atoms with Gasteiger partial charge in [-0.05, 0) is 49.4 Å². The van der Waals surface area contributed by atoms with Crippen molar-refractivity contribution in [2.45, 2.75) is 35.9 Å². The smallest absolute Gasteiger partial charge is 0.0646 e. The van der Waals surface area contributed by atoms with E-state index in [1.807, 2.05) is 11.3 Å². The molecule has 90 valence electrons. The summed E-state index contributed by atoms with van der Waals surface area (Å²) in [6, 6.07) is 3.10. The zero-order chi connectivity index (χ0) is 10.1. The van der Waals surface area contributed by atoms with E-state index in [4.69, 9.17) is 0 Å². The predicted octanol–water partition coefficient (Wildman–Crippen LogP) is 4.19. The highest BCUT2D eigenvalue weighted by Gasteiger charge is 2.27. The first-order chi connectivity index (χ1) is 7.45. The second-order valence-corrected chi connectivity index (χ2v) is 6.69. The van der Waals surface area contributed by atoms with Gasteiger partial charge in [0.2, 0.25) is 0 Å². The van der Waals surface area contributed by atoms with Gasteiger partial charge < -0.3 is 0 Å². The van der Waals surface area contributed by atoms with Crippen LogP contribution in [0.3, 0.4) is 0 Å². The van der Waals surface area contributed by atoms with Crippen LogP contribution in [0.25, 0.3) is 0 Å². The average Bonchev–Trinajstić information content (AvgIpc) is 2.78. The zero-order valence-corrected chi connectivity index (χ0v) is 11.8. The molecule has 16 heavy (non-hydrogen) atoms. The normalized spacial score (nSPS) is 25.9. The quantitative estimate of drug-likeness (QED) is 0.756. The van der Waals surface area contributed by atoms with Crippen molar-refractivity contribution >= 4 is 35.5 Å². The van der Waals surface area contributed by atoms with E-state index in [1.165, 1.54) is 44.5 Å². The second kappa shape index (κ2) is 5.76. The average molecular weight is 276 g/mol. The summed E-state index contributed by atoms with van der Waals surface area (Å²) >= 11 is 3.98. The minimum absolute atomic E-state index is 0. The van der Waals surface area contributed by atoms with Crippen molar-refractivity contribution < 1.29 is 0 Å². The first kappa shape index (κ1) is 12.7. The number of thioether (sulfide) groups is 1. The molecule has 3 rings (SSSR count). The molecule has 1 unspecified atom stereocenters. The lowest BCUT2D eigenvalue weighted by atomic mass is 10.0. The van der Waals surface area contributed by atoms with Gasteiger partial charge in [0, 0.05) is 11.8 Å². The van der Waals surface area contributed by atoms with Crippen LogP contribution in [0.2, 0.25) is 0 Å². The molecule has 1 aromatic rings. The fourth-order valence-electron chi connectivity index (χ4n) is 2.70. The van der Waals surface area contributed by atoms with Gasteiger partial charge in [-0.15, -0.1) is 35.5 Å². The molecule has 1 nitrogen and oxygen atoms in total. The third-order valence-electron chi connectivity index (χ3n) is 3.47. The number of halogens is 1. The number of likely N-dealkylation sites (tertiary alicyclic amines) is 1. The highest BCUT2D eigenvalue weighted by Crippen LogP contribution is 2.43. The standard InChI is InChI=1S/C12H17NS2.ClH/c1-2-6-13(7-3-1)11-5-9-15-12-10(11)4-8-14-12;/h4,8,11H,1-3,5-7,9H2;1H. The molecule has 3 heterocycles. The lowest BCUT2D eigenvalue weighted by Gasteiger charge is -2.36. The van der Waals surface area contributed by atoms with Gasteiger partial charge in [0.25, 0.3) is 0 Å².